The Bertz CT molecular complexity index is 393. The van der Waals surface area contributed by atoms with Gasteiger partial charge in [-0.3, -0.25) is 5.11 Å². The highest BCUT2D eigenvalue weighted by Crippen LogP contribution is 2.60. The lowest BCUT2D eigenvalue weighted by Gasteiger charge is -2.37. The third kappa shape index (κ3) is 3.14. The van der Waals surface area contributed by atoms with Gasteiger partial charge in [-0.2, -0.15) is 0 Å². The maximum absolute atomic E-state index is 11.0. The van der Waals surface area contributed by atoms with Crippen molar-refractivity contribution in [2.45, 2.75) is 12.5 Å². The van der Waals surface area contributed by atoms with Crippen molar-refractivity contribution in [2.75, 3.05) is 0 Å². The molecule has 1 nitrogen and oxygen atoms in total. The fourth-order valence-corrected chi connectivity index (χ4v) is 2.49. The number of benzene rings is 1. The highest BCUT2D eigenvalue weighted by molar-refractivity contribution is 6.78. The largest absolute Gasteiger partial charge is 0.290 e. The molecule has 0 aliphatic rings. The van der Waals surface area contributed by atoms with Crippen LogP contribution in [-0.2, 0) is 9.44 Å². The second kappa shape index (κ2) is 5.20. The zero-order chi connectivity index (χ0) is 13.5. The summed E-state index contributed by atoms with van der Waals surface area (Å²) >= 11 is 40.8. The van der Waals surface area contributed by atoms with Gasteiger partial charge in [0.1, 0.15) is 0 Å². The average molecular weight is 376 g/mol. The van der Waals surface area contributed by atoms with E-state index in [2.05, 4.69) is 0 Å². The van der Waals surface area contributed by atoms with E-state index in [9.17, 15) is 5.11 Å². The molecular formula is C9H4Cl7O. The summed E-state index contributed by atoms with van der Waals surface area (Å²) in [5.74, 6) is -0.221. The standard InChI is InChI=1S/C9H4Cl7O/c10-7(11,8(12,13)9(14,15)16)5-1-3-6(17)4-2-5/h1-4H. The number of hydrogen-bond acceptors (Lipinski definition) is 0. The summed E-state index contributed by atoms with van der Waals surface area (Å²) < 4.78 is -6.11. The van der Waals surface area contributed by atoms with Gasteiger partial charge in [-0.25, -0.2) is 0 Å². The number of hydrogen-bond donors (Lipinski definition) is 0. The van der Waals surface area contributed by atoms with Gasteiger partial charge in [0.25, 0.3) is 0 Å². The van der Waals surface area contributed by atoms with Crippen LogP contribution in [0.2, 0.25) is 0 Å². The van der Waals surface area contributed by atoms with Crippen molar-refractivity contribution in [3.8, 4) is 5.75 Å². The molecule has 0 saturated heterocycles. The van der Waals surface area contributed by atoms with Crippen LogP contribution in [0, 0.1) is 0 Å². The zero-order valence-electron chi connectivity index (χ0n) is 7.86. The van der Waals surface area contributed by atoms with Crippen LogP contribution in [0.5, 0.6) is 5.75 Å². The third-order valence-electron chi connectivity index (χ3n) is 1.97. The van der Waals surface area contributed by atoms with Gasteiger partial charge >= 0.3 is 0 Å². The third-order valence-corrected chi connectivity index (χ3v) is 5.92. The molecule has 0 unspecified atom stereocenters. The molecule has 0 bridgehead atoms. The fraction of sp³-hybridized carbons (Fsp3) is 0.333. The van der Waals surface area contributed by atoms with Gasteiger partial charge in [0.05, 0.1) is 0 Å². The Balaban J connectivity index is 3.23. The Kier molecular flexibility index (Phi) is 4.93. The maximum atomic E-state index is 11.0. The van der Waals surface area contributed by atoms with Crippen molar-refractivity contribution in [3.63, 3.8) is 0 Å². The highest BCUT2D eigenvalue weighted by Gasteiger charge is 2.60. The van der Waals surface area contributed by atoms with E-state index >= 15 is 0 Å². The van der Waals surface area contributed by atoms with E-state index < -0.39 is 12.5 Å². The molecule has 0 heterocycles. The number of rotatable bonds is 2. The molecule has 0 atom stereocenters. The SMILES string of the molecule is [O]c1ccc(C(Cl)(Cl)C(Cl)(Cl)C(Cl)(Cl)Cl)cc1. The van der Waals surface area contributed by atoms with Crippen LogP contribution < -0.4 is 0 Å². The van der Waals surface area contributed by atoms with E-state index in [-0.39, 0.29) is 11.3 Å². The molecule has 95 valence electrons. The normalized spacial score (nSPS) is 13.8. The summed E-state index contributed by atoms with van der Waals surface area (Å²) in [6.45, 7) is 0. The van der Waals surface area contributed by atoms with E-state index in [4.69, 9.17) is 81.2 Å². The van der Waals surface area contributed by atoms with Crippen LogP contribution in [0.3, 0.4) is 0 Å². The van der Waals surface area contributed by atoms with Crippen LogP contribution in [-0.4, -0.2) is 8.13 Å². The van der Waals surface area contributed by atoms with Gasteiger partial charge in [-0.15, -0.1) is 0 Å². The first-order valence-electron chi connectivity index (χ1n) is 4.10. The summed E-state index contributed by atoms with van der Waals surface area (Å²) in [6.07, 6.45) is 0. The van der Waals surface area contributed by atoms with Gasteiger partial charge in [0, 0.05) is 0 Å². The minimum atomic E-state index is -2.12. The highest BCUT2D eigenvalue weighted by atomic mass is 35.6. The summed E-state index contributed by atoms with van der Waals surface area (Å²) in [4.78, 5) is 0. The average Bonchev–Trinajstić information content (AvgIpc) is 2.16. The molecule has 0 aliphatic carbocycles. The minimum Gasteiger partial charge on any atom is -0.290 e. The first-order chi connectivity index (χ1) is 7.50. The van der Waals surface area contributed by atoms with Crippen LogP contribution in [0.25, 0.3) is 0 Å². The Morgan fingerprint density at radius 1 is 0.765 bits per heavy atom. The minimum absolute atomic E-state index is 0.221. The van der Waals surface area contributed by atoms with Crippen LogP contribution >= 0.6 is 81.2 Å². The molecule has 1 aromatic rings. The predicted octanol–water partition coefficient (Wildman–Crippen LogP) is 6.00. The molecule has 8 heteroatoms. The van der Waals surface area contributed by atoms with Crippen molar-refractivity contribution >= 4 is 81.2 Å². The van der Waals surface area contributed by atoms with Gasteiger partial charge < -0.3 is 0 Å². The lowest BCUT2D eigenvalue weighted by Crippen LogP contribution is -2.44. The molecule has 0 spiro atoms. The Hall–Kier alpha value is 1.05. The summed E-state index contributed by atoms with van der Waals surface area (Å²) in [7, 11) is 0. The molecule has 0 aliphatic heterocycles. The van der Waals surface area contributed by atoms with Crippen molar-refractivity contribution < 1.29 is 5.11 Å². The zero-order valence-corrected chi connectivity index (χ0v) is 13.2. The Morgan fingerprint density at radius 2 is 1.18 bits per heavy atom. The van der Waals surface area contributed by atoms with Crippen LogP contribution in [0.4, 0.5) is 0 Å². The first-order valence-corrected chi connectivity index (χ1v) is 6.74. The molecule has 1 rings (SSSR count). The van der Waals surface area contributed by atoms with Crippen molar-refractivity contribution in [3.05, 3.63) is 29.8 Å². The molecule has 0 fully saturated rings. The molecule has 0 aromatic heterocycles. The topological polar surface area (TPSA) is 19.9 Å². The molecule has 1 radical (unpaired) electrons. The van der Waals surface area contributed by atoms with Crippen LogP contribution in [0.1, 0.15) is 5.56 Å². The van der Waals surface area contributed by atoms with Crippen molar-refractivity contribution in [1.82, 2.24) is 0 Å². The van der Waals surface area contributed by atoms with E-state index in [1.165, 1.54) is 24.3 Å². The van der Waals surface area contributed by atoms with Gasteiger partial charge in [0.15, 0.2) is 10.1 Å². The monoisotopic (exact) mass is 373 g/mol. The smallest absolute Gasteiger partial charge is 0.226 e. The predicted molar refractivity (Wildman–Crippen MR) is 74.7 cm³/mol. The van der Waals surface area contributed by atoms with E-state index in [0.717, 1.165) is 0 Å². The molecule has 0 N–H and O–H groups in total. The number of alkyl halides is 7. The van der Waals surface area contributed by atoms with Gasteiger partial charge in [0.2, 0.25) is 8.13 Å². The van der Waals surface area contributed by atoms with Gasteiger partial charge in [-0.1, -0.05) is 93.3 Å². The van der Waals surface area contributed by atoms with Gasteiger partial charge in [-0.05, 0) is 17.7 Å². The molecule has 17 heavy (non-hydrogen) atoms. The maximum Gasteiger partial charge on any atom is 0.226 e. The Morgan fingerprint density at radius 3 is 1.53 bits per heavy atom. The van der Waals surface area contributed by atoms with Crippen molar-refractivity contribution in [1.29, 1.82) is 0 Å². The summed E-state index contributed by atoms with van der Waals surface area (Å²) in [5.41, 5.74) is 0.247. The lowest BCUT2D eigenvalue weighted by molar-refractivity contribution is 0.354. The molecule has 0 saturated carbocycles. The second-order valence-electron chi connectivity index (χ2n) is 3.17. The first kappa shape index (κ1) is 16.1. The van der Waals surface area contributed by atoms with Crippen LogP contribution in [0.15, 0.2) is 24.3 Å². The molecule has 1 aromatic carbocycles. The van der Waals surface area contributed by atoms with E-state index in [0.29, 0.717) is 0 Å². The van der Waals surface area contributed by atoms with E-state index in [1.807, 2.05) is 0 Å². The number of halogens is 7. The molecular weight excluding hydrogens is 372 g/mol. The van der Waals surface area contributed by atoms with Crippen molar-refractivity contribution in [2.24, 2.45) is 0 Å². The quantitative estimate of drug-likeness (QED) is 0.564. The van der Waals surface area contributed by atoms with E-state index in [1.54, 1.807) is 0 Å². The second-order valence-corrected chi connectivity index (χ2v) is 8.11. The lowest BCUT2D eigenvalue weighted by atomic mass is 10.1. The fourth-order valence-electron chi connectivity index (χ4n) is 1.02. The summed E-state index contributed by atoms with van der Waals surface area (Å²) in [6, 6.07) is 5.21. The summed E-state index contributed by atoms with van der Waals surface area (Å²) in [5, 5.41) is 11.0. The Labute approximate surface area is 133 Å². The molecule has 0 amide bonds.